The average molecular weight is 716 g/mol. The summed E-state index contributed by atoms with van der Waals surface area (Å²) < 4.78 is 4.30. The van der Waals surface area contributed by atoms with Gasteiger partial charge in [0.1, 0.15) is 0 Å². The van der Waals surface area contributed by atoms with Gasteiger partial charge in [-0.05, 0) is 107 Å². The number of rotatable bonds is 8. The van der Waals surface area contributed by atoms with Crippen LogP contribution in [0.15, 0.2) is 12.1 Å². The Bertz CT molecular complexity index is 1310. The van der Waals surface area contributed by atoms with Gasteiger partial charge in [0.2, 0.25) is 0 Å². The van der Waals surface area contributed by atoms with Crippen LogP contribution in [0, 0.1) is 17.8 Å². The number of fused-ring (bicyclic) bond motifs is 2. The van der Waals surface area contributed by atoms with Crippen molar-refractivity contribution in [1.29, 1.82) is 0 Å². The quantitative estimate of drug-likeness (QED) is 0.242. The van der Waals surface area contributed by atoms with Crippen molar-refractivity contribution in [2.75, 3.05) is 6.54 Å². The summed E-state index contributed by atoms with van der Waals surface area (Å²) >= 11 is 0. The normalized spacial score (nSPS) is 34.3. The van der Waals surface area contributed by atoms with Crippen LogP contribution in [0.1, 0.15) is 159 Å². The van der Waals surface area contributed by atoms with Crippen LogP contribution in [-0.2, 0) is 0 Å². The van der Waals surface area contributed by atoms with Crippen molar-refractivity contribution in [2.45, 2.75) is 204 Å². The molecule has 1 aromatic rings. The molecule has 0 atom stereocenters. The minimum absolute atomic E-state index is 0.553. The molecule has 6 bridgehead atoms. The van der Waals surface area contributed by atoms with Crippen LogP contribution in [0.4, 0.5) is 0 Å². The van der Waals surface area contributed by atoms with Crippen LogP contribution in [0.2, 0.25) is 55.2 Å². The van der Waals surface area contributed by atoms with E-state index in [9.17, 15) is 0 Å². The van der Waals surface area contributed by atoms with E-state index in [4.69, 9.17) is 0 Å². The van der Waals surface area contributed by atoms with Crippen LogP contribution in [0.25, 0.3) is 0 Å². The van der Waals surface area contributed by atoms with Crippen LogP contribution in [0.5, 0.6) is 0 Å². The summed E-state index contributed by atoms with van der Waals surface area (Å²) in [5, 5.41) is 2.06. The molecule has 4 aliphatic carbocycles. The molecule has 8 rings (SSSR count). The molecule has 266 valence electrons. The lowest BCUT2D eigenvalue weighted by Gasteiger charge is -2.63. The number of benzene rings is 1. The molecule has 1 aromatic carbocycles. The van der Waals surface area contributed by atoms with E-state index in [1.165, 1.54) is 19.4 Å². The largest absolute Gasteiger partial charge is 0.405 e. The molecular weight excluding hydrogens is 642 g/mol. The van der Waals surface area contributed by atoms with E-state index in [2.05, 4.69) is 103 Å². The summed E-state index contributed by atoms with van der Waals surface area (Å²) in [6.45, 7) is 34.1. The van der Waals surface area contributed by atoms with Gasteiger partial charge in [-0.25, -0.2) is 0 Å². The van der Waals surface area contributed by atoms with Gasteiger partial charge in [0, 0.05) is 19.8 Å². The minimum atomic E-state index is -1.55. The minimum Gasteiger partial charge on any atom is -0.405 e. The monoisotopic (exact) mass is 715 g/mol. The summed E-state index contributed by atoms with van der Waals surface area (Å²) in [7, 11) is -4.80. The molecule has 3 heterocycles. The summed E-state index contributed by atoms with van der Waals surface area (Å²) in [5.41, 5.74) is 5.84. The highest BCUT2D eigenvalue weighted by molar-refractivity contribution is 7.41. The fourth-order valence-corrected chi connectivity index (χ4v) is 54.9. The molecule has 3 saturated heterocycles. The summed E-state index contributed by atoms with van der Waals surface area (Å²) in [4.78, 5) is 0. The van der Waals surface area contributed by atoms with Gasteiger partial charge >= 0.3 is 0 Å². The molecule has 7 aliphatic rings. The molecule has 0 N–H and O–H groups in total. The Labute approximate surface area is 303 Å². The zero-order valence-corrected chi connectivity index (χ0v) is 37.7. The maximum atomic E-state index is 3.63. The smallest absolute Gasteiger partial charge is 0.161 e. The van der Waals surface area contributed by atoms with Crippen molar-refractivity contribution in [3.8, 4) is 0 Å². The summed E-state index contributed by atoms with van der Waals surface area (Å²) in [6, 6.07) is 5.61. The molecule has 0 spiro atoms. The highest BCUT2D eigenvalue weighted by Gasteiger charge is 2.65. The summed E-state index contributed by atoms with van der Waals surface area (Å²) in [5.74, 6) is 6.98. The van der Waals surface area contributed by atoms with Crippen molar-refractivity contribution in [3.63, 3.8) is 0 Å². The van der Waals surface area contributed by atoms with Crippen LogP contribution < -0.4 is 5.19 Å². The lowest BCUT2D eigenvalue weighted by atomic mass is 9.42. The van der Waals surface area contributed by atoms with Crippen molar-refractivity contribution in [3.05, 3.63) is 28.8 Å². The zero-order valence-electron chi connectivity index (χ0n) is 33.7. The molecule has 48 heavy (non-hydrogen) atoms. The van der Waals surface area contributed by atoms with Gasteiger partial charge in [-0.3, -0.25) is 0 Å². The van der Waals surface area contributed by atoms with E-state index in [1.54, 1.807) is 76.2 Å². The average Bonchev–Trinajstić information content (AvgIpc) is 3.39. The topological polar surface area (TPSA) is 3.24 Å². The highest BCUT2D eigenvalue weighted by Crippen LogP contribution is 2.63. The van der Waals surface area contributed by atoms with E-state index < -0.39 is 32.0 Å². The molecule has 4 saturated carbocycles. The number of nitrogens with zero attached hydrogens (tertiary/aromatic N) is 1. The van der Waals surface area contributed by atoms with Crippen LogP contribution in [0.3, 0.4) is 0 Å². The second kappa shape index (κ2) is 12.8. The second-order valence-corrected chi connectivity index (χ2v) is 41.0. The fraction of sp³-hybridized carbons (Fsp3) is 0.857. The van der Waals surface area contributed by atoms with Gasteiger partial charge in [0.15, 0.2) is 6.31 Å². The van der Waals surface area contributed by atoms with E-state index in [0.717, 1.165) is 35.7 Å². The molecule has 0 unspecified atom stereocenters. The van der Waals surface area contributed by atoms with Crippen molar-refractivity contribution in [1.82, 2.24) is 4.57 Å². The molecule has 3 aliphatic heterocycles. The first kappa shape index (κ1) is 36.3. The first-order valence-electron chi connectivity index (χ1n) is 21.2. The first-order valence-corrected chi connectivity index (χ1v) is 32.2. The second-order valence-electron chi connectivity index (χ2n) is 21.7. The first-order chi connectivity index (χ1) is 22.5. The van der Waals surface area contributed by atoms with Crippen molar-refractivity contribution < 1.29 is 0 Å². The molecule has 1 nitrogen and oxygen atoms in total. The standard InChI is InChI=1S/C42H74BNSi4/c1-29(2)35-24-38(30(3)4)40(39(25-35)31(5)6)45(43-36-15-13-16-37(43)18-14-17-36)46-42(47(7,8)9,48(10,11)12)19-20-44(46)41-26-32-21-33(27-41)23-34(22-32)28-41/h24-25,29-34,36-37H,13-23,26-28H2,1-12H3/b46-45+. The predicted molar refractivity (Wildman–Crippen MR) is 222 cm³/mol. The van der Waals surface area contributed by atoms with E-state index in [-0.39, 0.29) is 0 Å². The molecule has 0 amide bonds. The number of hydrogen-bond acceptors (Lipinski definition) is 1. The number of hydrogen-bond donors (Lipinski definition) is 0. The Morgan fingerprint density at radius 2 is 1.15 bits per heavy atom. The maximum Gasteiger partial charge on any atom is 0.161 e. The summed E-state index contributed by atoms with van der Waals surface area (Å²) in [6.07, 6.45) is 21.3. The molecule has 6 heteroatoms. The Hall–Kier alpha value is -0.0475. The lowest BCUT2D eigenvalue weighted by Crippen LogP contribution is -2.70. The Kier molecular flexibility index (Phi) is 9.70. The molecule has 7 fully saturated rings. The Balaban J connectivity index is 1.63. The molecule has 0 aromatic heterocycles. The van der Waals surface area contributed by atoms with E-state index in [1.807, 2.05) is 11.1 Å². The Morgan fingerprint density at radius 3 is 1.52 bits per heavy atom. The third-order valence-corrected chi connectivity index (χ3v) is 44.3. The van der Waals surface area contributed by atoms with Gasteiger partial charge in [0.25, 0.3) is 0 Å². The third-order valence-electron chi connectivity index (χ3n) is 15.8. The molecule has 0 radical (unpaired) electrons. The Morgan fingerprint density at radius 1 is 0.708 bits per heavy atom. The van der Waals surface area contributed by atoms with E-state index in [0.29, 0.717) is 27.6 Å². The maximum absolute atomic E-state index is 3.63. The third kappa shape index (κ3) is 5.76. The van der Waals surface area contributed by atoms with Crippen molar-refractivity contribution in [2.24, 2.45) is 17.8 Å². The zero-order chi connectivity index (χ0) is 34.6. The van der Waals surface area contributed by atoms with Crippen LogP contribution in [-0.4, -0.2) is 54.9 Å². The highest BCUT2D eigenvalue weighted by atomic mass is 28.9. The van der Waals surface area contributed by atoms with Crippen molar-refractivity contribution >= 4 is 43.5 Å². The molecular formula is C42H74BNSi4. The fourth-order valence-electron chi connectivity index (χ4n) is 14.4. The predicted octanol–water partition coefficient (Wildman–Crippen LogP) is 11.7. The van der Waals surface area contributed by atoms with Gasteiger partial charge in [-0.2, -0.15) is 0 Å². The van der Waals surface area contributed by atoms with Gasteiger partial charge < -0.3 is 4.57 Å². The van der Waals surface area contributed by atoms with Gasteiger partial charge in [0.05, 0.1) is 24.2 Å². The SMILES string of the molecule is CC(C)c1cc(C(C)C)c(/[Si](B2C3CCCC2CCC3)=[Si]2\N(C34CC5CC(CC(C5)C3)C4)CCC2([Si](C)(C)C)[Si](C)(C)C)c(C(C)C)c1. The van der Waals surface area contributed by atoms with Crippen LogP contribution >= 0.6 is 0 Å². The van der Waals surface area contributed by atoms with E-state index >= 15 is 0 Å². The lowest BCUT2D eigenvalue weighted by molar-refractivity contribution is -0.0555. The van der Waals surface area contributed by atoms with Gasteiger partial charge in [-0.15, -0.1) is 0 Å². The van der Waals surface area contributed by atoms with Gasteiger partial charge in [-0.1, -0.05) is 143 Å².